The largest absolute Gasteiger partial charge is 0.507 e. The van der Waals surface area contributed by atoms with Gasteiger partial charge in [-0.1, -0.05) is 11.6 Å². The molecule has 0 bridgehead atoms. The number of hydrogen-bond acceptors (Lipinski definition) is 6. The van der Waals surface area contributed by atoms with Gasteiger partial charge in [0.15, 0.2) is 0 Å². The number of amides is 1. The fraction of sp³-hybridized carbons (Fsp3) is 0.389. The van der Waals surface area contributed by atoms with Crippen LogP contribution in [0.5, 0.6) is 11.5 Å². The quantitative estimate of drug-likeness (QED) is 0.737. The number of aromatic hydroxyl groups is 2. The molecule has 1 aromatic heterocycles. The van der Waals surface area contributed by atoms with Crippen molar-refractivity contribution in [2.24, 2.45) is 0 Å². The van der Waals surface area contributed by atoms with E-state index in [0.717, 1.165) is 19.3 Å². The Morgan fingerprint density at radius 3 is 2.88 bits per heavy atom. The van der Waals surface area contributed by atoms with Crippen LogP contribution in [-0.2, 0) is 6.54 Å². The smallest absolute Gasteiger partial charge is 0.255 e. The van der Waals surface area contributed by atoms with E-state index in [4.69, 9.17) is 4.42 Å². The summed E-state index contributed by atoms with van der Waals surface area (Å²) in [5, 5.41) is 31.0. The number of nitrogens with one attached hydrogen (secondary N) is 1. The number of aryl methyl sites for hydroxylation is 1. The van der Waals surface area contributed by atoms with Crippen LogP contribution in [0, 0.1) is 6.92 Å². The van der Waals surface area contributed by atoms with Crippen molar-refractivity contribution >= 4 is 5.91 Å². The summed E-state index contributed by atoms with van der Waals surface area (Å²) in [5.41, 5.74) is 2.29. The average Bonchev–Trinajstić information content (AvgIpc) is 3.06. The van der Waals surface area contributed by atoms with E-state index in [1.54, 1.807) is 6.92 Å². The molecule has 0 radical (unpaired) electrons. The molecule has 0 fully saturated rings. The molecule has 1 aromatic carbocycles. The Bertz CT molecular complexity index is 812. The molecule has 7 heteroatoms. The first-order valence-electron chi connectivity index (χ1n) is 8.23. The van der Waals surface area contributed by atoms with Crippen molar-refractivity contribution in [3.05, 3.63) is 46.7 Å². The Labute approximate surface area is 145 Å². The lowest BCUT2D eigenvalue weighted by Gasteiger charge is -2.23. The van der Waals surface area contributed by atoms with Gasteiger partial charge in [0.05, 0.1) is 12.1 Å². The van der Waals surface area contributed by atoms with Crippen LogP contribution in [0.1, 0.15) is 59.5 Å². The van der Waals surface area contributed by atoms with E-state index in [9.17, 15) is 15.0 Å². The van der Waals surface area contributed by atoms with Crippen LogP contribution in [0.15, 0.2) is 28.5 Å². The fourth-order valence-electron chi connectivity index (χ4n) is 3.31. The van der Waals surface area contributed by atoms with E-state index in [1.807, 2.05) is 13.0 Å². The monoisotopic (exact) mass is 343 g/mol. The van der Waals surface area contributed by atoms with Gasteiger partial charge < -0.3 is 19.9 Å². The number of phenolic OH excluding ortho intramolecular Hbond substituents is 2. The SMILES string of the molecule is CC1=CC(c2c(O)cc(C)c(C(=O)NCc3nnco3)c2O)CCC1. The molecule has 1 atom stereocenters. The highest BCUT2D eigenvalue weighted by molar-refractivity contribution is 5.99. The molecule has 0 saturated heterocycles. The standard InChI is InChI=1S/C18H21N3O4/c1-10-4-3-5-12(6-10)16-13(22)7-11(2)15(17(16)23)18(24)19-8-14-21-20-9-25-14/h6-7,9,12,22-23H,3-5,8H2,1-2H3,(H,19,24). The molecule has 1 aliphatic carbocycles. The van der Waals surface area contributed by atoms with Crippen molar-refractivity contribution in [3.8, 4) is 11.5 Å². The van der Waals surface area contributed by atoms with Crippen LogP contribution in [0.25, 0.3) is 0 Å². The van der Waals surface area contributed by atoms with E-state index in [1.165, 1.54) is 18.0 Å². The number of carbonyl (C=O) groups is 1. The lowest BCUT2D eigenvalue weighted by atomic mass is 9.83. The second-order valence-electron chi connectivity index (χ2n) is 6.38. The summed E-state index contributed by atoms with van der Waals surface area (Å²) in [6, 6.07) is 1.52. The second kappa shape index (κ2) is 6.96. The van der Waals surface area contributed by atoms with E-state index in [-0.39, 0.29) is 35.4 Å². The maximum Gasteiger partial charge on any atom is 0.255 e. The molecule has 0 aliphatic heterocycles. The minimum absolute atomic E-state index is 0.0133. The molecule has 0 spiro atoms. The van der Waals surface area contributed by atoms with Gasteiger partial charge >= 0.3 is 0 Å². The minimum Gasteiger partial charge on any atom is -0.507 e. The number of phenols is 2. The predicted molar refractivity (Wildman–Crippen MR) is 90.3 cm³/mol. The Morgan fingerprint density at radius 1 is 1.40 bits per heavy atom. The highest BCUT2D eigenvalue weighted by atomic mass is 16.4. The first-order chi connectivity index (χ1) is 12.0. The second-order valence-corrected chi connectivity index (χ2v) is 6.38. The lowest BCUT2D eigenvalue weighted by molar-refractivity contribution is 0.0943. The molecule has 3 N–H and O–H groups in total. The topological polar surface area (TPSA) is 108 Å². The van der Waals surface area contributed by atoms with Crippen molar-refractivity contribution in [3.63, 3.8) is 0 Å². The number of carbonyl (C=O) groups excluding carboxylic acids is 1. The number of aromatic nitrogens is 2. The van der Waals surface area contributed by atoms with E-state index in [0.29, 0.717) is 11.1 Å². The molecular weight excluding hydrogens is 322 g/mol. The van der Waals surface area contributed by atoms with Gasteiger partial charge in [0, 0.05) is 11.5 Å². The fourth-order valence-corrected chi connectivity index (χ4v) is 3.31. The van der Waals surface area contributed by atoms with Crippen molar-refractivity contribution in [2.45, 2.75) is 45.6 Å². The van der Waals surface area contributed by atoms with Gasteiger partial charge in [-0.3, -0.25) is 4.79 Å². The highest BCUT2D eigenvalue weighted by Gasteiger charge is 2.26. The van der Waals surface area contributed by atoms with Crippen LogP contribution >= 0.6 is 0 Å². The van der Waals surface area contributed by atoms with Gasteiger partial charge in [-0.15, -0.1) is 10.2 Å². The summed E-state index contributed by atoms with van der Waals surface area (Å²) < 4.78 is 4.98. The van der Waals surface area contributed by atoms with E-state index in [2.05, 4.69) is 15.5 Å². The summed E-state index contributed by atoms with van der Waals surface area (Å²) >= 11 is 0. The van der Waals surface area contributed by atoms with Gasteiger partial charge in [-0.2, -0.15) is 0 Å². The molecule has 1 amide bonds. The third-order valence-corrected chi connectivity index (χ3v) is 4.49. The maximum absolute atomic E-state index is 12.5. The van der Waals surface area contributed by atoms with Gasteiger partial charge in [0.2, 0.25) is 12.3 Å². The van der Waals surface area contributed by atoms with E-state index >= 15 is 0 Å². The zero-order valence-corrected chi connectivity index (χ0v) is 14.2. The molecule has 3 rings (SSSR count). The molecule has 7 nitrogen and oxygen atoms in total. The Hall–Kier alpha value is -2.83. The van der Waals surface area contributed by atoms with Crippen molar-refractivity contribution < 1.29 is 19.4 Å². The number of rotatable bonds is 4. The van der Waals surface area contributed by atoms with Gasteiger partial charge in [0.1, 0.15) is 11.5 Å². The van der Waals surface area contributed by atoms with Crippen LogP contribution < -0.4 is 5.32 Å². The van der Waals surface area contributed by atoms with Gasteiger partial charge in [-0.05, 0) is 44.7 Å². The molecule has 1 unspecified atom stereocenters. The summed E-state index contributed by atoms with van der Waals surface area (Å²) in [5.74, 6) is -0.436. The normalized spacial score (nSPS) is 17.2. The number of allylic oxidation sites excluding steroid dienone is 2. The number of hydrogen-bond donors (Lipinski definition) is 3. The third kappa shape index (κ3) is 3.50. The zero-order chi connectivity index (χ0) is 18.0. The van der Waals surface area contributed by atoms with Gasteiger partial charge in [-0.25, -0.2) is 0 Å². The summed E-state index contributed by atoms with van der Waals surface area (Å²) in [4.78, 5) is 12.5. The predicted octanol–water partition coefficient (Wildman–Crippen LogP) is 2.93. The summed E-state index contributed by atoms with van der Waals surface area (Å²) in [6.07, 6.45) is 6.05. The average molecular weight is 343 g/mol. The molecule has 0 saturated carbocycles. The number of benzene rings is 1. The van der Waals surface area contributed by atoms with Crippen LogP contribution in [0.3, 0.4) is 0 Å². The van der Waals surface area contributed by atoms with E-state index < -0.39 is 5.91 Å². The third-order valence-electron chi connectivity index (χ3n) is 4.49. The summed E-state index contributed by atoms with van der Waals surface area (Å²) in [6.45, 7) is 3.77. The molecule has 2 aromatic rings. The molecule has 132 valence electrons. The Morgan fingerprint density at radius 2 is 2.20 bits per heavy atom. The maximum atomic E-state index is 12.5. The van der Waals surface area contributed by atoms with Crippen molar-refractivity contribution in [1.29, 1.82) is 0 Å². The zero-order valence-electron chi connectivity index (χ0n) is 14.2. The molecular formula is C18H21N3O4. The lowest BCUT2D eigenvalue weighted by Crippen LogP contribution is -2.24. The van der Waals surface area contributed by atoms with Crippen LogP contribution in [-0.4, -0.2) is 26.3 Å². The van der Waals surface area contributed by atoms with Gasteiger partial charge in [0.25, 0.3) is 5.91 Å². The van der Waals surface area contributed by atoms with Crippen molar-refractivity contribution in [2.75, 3.05) is 0 Å². The molecule has 1 aliphatic rings. The highest BCUT2D eigenvalue weighted by Crippen LogP contribution is 2.43. The molecule has 1 heterocycles. The van der Waals surface area contributed by atoms with Crippen LogP contribution in [0.4, 0.5) is 0 Å². The molecule has 25 heavy (non-hydrogen) atoms. The number of nitrogens with zero attached hydrogens (tertiary/aromatic N) is 2. The minimum atomic E-state index is -0.453. The van der Waals surface area contributed by atoms with Crippen LogP contribution in [0.2, 0.25) is 0 Å². The first-order valence-corrected chi connectivity index (χ1v) is 8.23. The van der Waals surface area contributed by atoms with Crippen molar-refractivity contribution in [1.82, 2.24) is 15.5 Å². The Balaban J connectivity index is 1.92. The Kier molecular flexibility index (Phi) is 4.74. The summed E-state index contributed by atoms with van der Waals surface area (Å²) in [7, 11) is 0. The first kappa shape index (κ1) is 17.0.